The molecule has 0 saturated heterocycles. The van der Waals surface area contributed by atoms with Gasteiger partial charge in [-0.3, -0.25) is 4.79 Å². The molecule has 3 rings (SSSR count). The first-order chi connectivity index (χ1) is 8.74. The number of aliphatic hydroxyl groups excluding tert-OH is 1. The third-order valence-electron chi connectivity index (χ3n) is 3.43. The highest BCUT2D eigenvalue weighted by molar-refractivity contribution is 5.97. The number of amides is 1. The lowest BCUT2D eigenvalue weighted by atomic mass is 10.2. The van der Waals surface area contributed by atoms with Gasteiger partial charge in [0.15, 0.2) is 0 Å². The highest BCUT2D eigenvalue weighted by Crippen LogP contribution is 2.19. The normalized spacial score (nSPS) is 23.4. The molecule has 3 N–H and O–H groups in total. The lowest BCUT2D eigenvalue weighted by Gasteiger charge is -2.15. The van der Waals surface area contributed by atoms with E-state index in [4.69, 9.17) is 0 Å². The molecule has 0 unspecified atom stereocenters. The van der Waals surface area contributed by atoms with Gasteiger partial charge in [-0.25, -0.2) is 4.98 Å². The Kier molecular flexibility index (Phi) is 2.76. The van der Waals surface area contributed by atoms with Crippen LogP contribution in [0, 0.1) is 0 Å². The van der Waals surface area contributed by atoms with Crippen LogP contribution in [0.15, 0.2) is 24.4 Å². The highest BCUT2D eigenvalue weighted by atomic mass is 16.3. The molecule has 5 heteroatoms. The molecule has 5 nitrogen and oxygen atoms in total. The number of rotatable bonds is 2. The number of hydrogen-bond acceptors (Lipinski definition) is 3. The van der Waals surface area contributed by atoms with E-state index in [2.05, 4.69) is 15.3 Å². The van der Waals surface area contributed by atoms with E-state index in [1.54, 1.807) is 12.3 Å². The molecule has 0 bridgehead atoms. The van der Waals surface area contributed by atoms with Crippen LogP contribution in [0.3, 0.4) is 0 Å². The zero-order chi connectivity index (χ0) is 12.5. The van der Waals surface area contributed by atoms with Gasteiger partial charge in [-0.05, 0) is 37.5 Å². The van der Waals surface area contributed by atoms with Crippen LogP contribution in [0.4, 0.5) is 0 Å². The zero-order valence-corrected chi connectivity index (χ0v) is 9.89. The van der Waals surface area contributed by atoms with E-state index in [0.717, 1.165) is 24.6 Å². The number of nitrogens with one attached hydrogen (secondary N) is 2. The van der Waals surface area contributed by atoms with Crippen LogP contribution in [-0.4, -0.2) is 33.1 Å². The zero-order valence-electron chi connectivity index (χ0n) is 9.89. The van der Waals surface area contributed by atoms with Gasteiger partial charge in [0, 0.05) is 11.6 Å². The van der Waals surface area contributed by atoms with Crippen LogP contribution < -0.4 is 5.32 Å². The molecule has 1 amide bonds. The minimum absolute atomic E-state index is 0.128. The smallest absolute Gasteiger partial charge is 0.268 e. The second kappa shape index (κ2) is 4.42. The molecule has 2 aromatic rings. The van der Waals surface area contributed by atoms with Crippen LogP contribution in [0.25, 0.3) is 11.0 Å². The van der Waals surface area contributed by atoms with E-state index in [1.165, 1.54) is 0 Å². The summed E-state index contributed by atoms with van der Waals surface area (Å²) in [7, 11) is 0. The average Bonchev–Trinajstić information content (AvgIpc) is 2.96. The van der Waals surface area contributed by atoms with Crippen molar-refractivity contribution in [2.24, 2.45) is 0 Å². The molecule has 1 saturated carbocycles. The number of aliphatic hydroxyl groups is 1. The predicted octanol–water partition coefficient (Wildman–Crippen LogP) is 1.21. The molecule has 1 fully saturated rings. The fraction of sp³-hybridized carbons (Fsp3) is 0.385. The summed E-state index contributed by atoms with van der Waals surface area (Å²) in [6, 6.07) is 5.38. The van der Waals surface area contributed by atoms with Crippen LogP contribution in [-0.2, 0) is 0 Å². The maximum atomic E-state index is 12.0. The van der Waals surface area contributed by atoms with Gasteiger partial charge in [-0.2, -0.15) is 0 Å². The number of hydrogen-bond donors (Lipinski definition) is 3. The maximum Gasteiger partial charge on any atom is 0.268 e. The van der Waals surface area contributed by atoms with Crippen molar-refractivity contribution >= 4 is 16.9 Å². The second-order valence-electron chi connectivity index (χ2n) is 4.70. The van der Waals surface area contributed by atoms with Gasteiger partial charge in [0.1, 0.15) is 11.3 Å². The minimum Gasteiger partial charge on any atom is -0.391 e. The molecule has 0 aliphatic heterocycles. The Hall–Kier alpha value is -1.88. The number of fused-ring (bicyclic) bond motifs is 1. The molecule has 0 radical (unpaired) electrons. The molecule has 2 heterocycles. The number of carbonyl (C=O) groups excluding carboxylic acids is 1. The Labute approximate surface area is 104 Å². The molecule has 1 aliphatic carbocycles. The SMILES string of the molecule is O=C(N[C@H]1CCC[C@@H]1O)c1cc2cccnc2[nH]1. The van der Waals surface area contributed by atoms with Crippen molar-refractivity contribution < 1.29 is 9.90 Å². The Morgan fingerprint density at radius 2 is 2.39 bits per heavy atom. The average molecular weight is 245 g/mol. The topological polar surface area (TPSA) is 78.0 Å². The molecule has 1 aliphatic rings. The van der Waals surface area contributed by atoms with Crippen molar-refractivity contribution in [3.05, 3.63) is 30.1 Å². The Bertz CT molecular complexity index is 545. The minimum atomic E-state index is -0.420. The van der Waals surface area contributed by atoms with E-state index >= 15 is 0 Å². The predicted molar refractivity (Wildman–Crippen MR) is 67.2 cm³/mol. The third-order valence-corrected chi connectivity index (χ3v) is 3.43. The van der Waals surface area contributed by atoms with Crippen molar-refractivity contribution in [1.82, 2.24) is 15.3 Å². The second-order valence-corrected chi connectivity index (χ2v) is 4.70. The summed E-state index contributed by atoms with van der Waals surface area (Å²) < 4.78 is 0. The summed E-state index contributed by atoms with van der Waals surface area (Å²) in [5, 5.41) is 13.5. The van der Waals surface area contributed by atoms with E-state index in [1.807, 2.05) is 12.1 Å². The van der Waals surface area contributed by atoms with Gasteiger partial charge in [-0.15, -0.1) is 0 Å². The van der Waals surface area contributed by atoms with Crippen LogP contribution in [0.2, 0.25) is 0 Å². The van der Waals surface area contributed by atoms with Gasteiger partial charge in [0.2, 0.25) is 0 Å². The van der Waals surface area contributed by atoms with E-state index in [-0.39, 0.29) is 11.9 Å². The van der Waals surface area contributed by atoms with E-state index < -0.39 is 6.10 Å². The maximum absolute atomic E-state index is 12.0. The molecule has 18 heavy (non-hydrogen) atoms. The highest BCUT2D eigenvalue weighted by Gasteiger charge is 2.27. The fourth-order valence-corrected chi connectivity index (χ4v) is 2.44. The van der Waals surface area contributed by atoms with Gasteiger partial charge in [0.25, 0.3) is 5.91 Å². The lowest BCUT2D eigenvalue weighted by Crippen LogP contribution is -2.39. The number of aromatic nitrogens is 2. The molecular formula is C13H15N3O2. The monoisotopic (exact) mass is 245 g/mol. The van der Waals surface area contributed by atoms with Crippen LogP contribution in [0.1, 0.15) is 29.8 Å². The fourth-order valence-electron chi connectivity index (χ4n) is 2.44. The molecule has 2 aromatic heterocycles. The summed E-state index contributed by atoms with van der Waals surface area (Å²) in [4.78, 5) is 19.2. The first kappa shape index (κ1) is 11.2. The van der Waals surface area contributed by atoms with Crippen molar-refractivity contribution in [1.29, 1.82) is 0 Å². The summed E-state index contributed by atoms with van der Waals surface area (Å²) >= 11 is 0. The molecule has 0 aromatic carbocycles. The standard InChI is InChI=1S/C13H15N3O2/c17-11-5-1-4-9(11)16-13(18)10-7-8-3-2-6-14-12(8)15-10/h2-3,6-7,9,11,17H,1,4-5H2,(H,14,15)(H,16,18)/t9-,11-/m0/s1. The largest absolute Gasteiger partial charge is 0.391 e. The molecule has 2 atom stereocenters. The van der Waals surface area contributed by atoms with Crippen molar-refractivity contribution in [2.45, 2.75) is 31.4 Å². The van der Waals surface area contributed by atoms with Crippen LogP contribution in [0.5, 0.6) is 0 Å². The summed E-state index contributed by atoms with van der Waals surface area (Å²) in [5.74, 6) is -0.182. The lowest BCUT2D eigenvalue weighted by molar-refractivity contribution is 0.0869. The van der Waals surface area contributed by atoms with Gasteiger partial charge < -0.3 is 15.4 Å². The van der Waals surface area contributed by atoms with E-state index in [0.29, 0.717) is 11.3 Å². The molecular weight excluding hydrogens is 230 g/mol. The summed E-state index contributed by atoms with van der Waals surface area (Å²) in [6.07, 6.45) is 3.82. The third kappa shape index (κ3) is 1.97. The van der Waals surface area contributed by atoms with Gasteiger partial charge in [-0.1, -0.05) is 0 Å². The van der Waals surface area contributed by atoms with Gasteiger partial charge in [0.05, 0.1) is 12.1 Å². The Balaban J connectivity index is 1.79. The quantitative estimate of drug-likeness (QED) is 0.744. The summed E-state index contributed by atoms with van der Waals surface area (Å²) in [6.45, 7) is 0. The van der Waals surface area contributed by atoms with Crippen molar-refractivity contribution in [3.8, 4) is 0 Å². The number of aromatic amines is 1. The number of H-pyrrole nitrogens is 1. The van der Waals surface area contributed by atoms with Gasteiger partial charge >= 0.3 is 0 Å². The Morgan fingerprint density at radius 3 is 3.11 bits per heavy atom. The number of carbonyl (C=O) groups is 1. The number of nitrogens with zero attached hydrogens (tertiary/aromatic N) is 1. The van der Waals surface area contributed by atoms with Crippen molar-refractivity contribution in [3.63, 3.8) is 0 Å². The van der Waals surface area contributed by atoms with Crippen LogP contribution >= 0.6 is 0 Å². The van der Waals surface area contributed by atoms with E-state index in [9.17, 15) is 9.90 Å². The Morgan fingerprint density at radius 1 is 1.50 bits per heavy atom. The first-order valence-corrected chi connectivity index (χ1v) is 6.17. The molecule has 94 valence electrons. The number of pyridine rings is 1. The summed E-state index contributed by atoms with van der Waals surface area (Å²) in [5.41, 5.74) is 1.19. The molecule has 0 spiro atoms. The van der Waals surface area contributed by atoms with Crippen molar-refractivity contribution in [2.75, 3.05) is 0 Å². The first-order valence-electron chi connectivity index (χ1n) is 6.17.